The topological polar surface area (TPSA) is 47.6 Å². The van der Waals surface area contributed by atoms with Crippen molar-refractivity contribution in [3.05, 3.63) is 53.6 Å². The van der Waals surface area contributed by atoms with Gasteiger partial charge in [-0.1, -0.05) is 12.1 Å². The largest absolute Gasteiger partial charge is 0.486 e. The fourth-order valence-electron chi connectivity index (χ4n) is 3.13. The van der Waals surface area contributed by atoms with Crippen molar-refractivity contribution < 1.29 is 27.4 Å². The number of hydrogen-bond acceptors (Lipinski definition) is 3. The maximum absolute atomic E-state index is 12.6. The van der Waals surface area contributed by atoms with Gasteiger partial charge in [0.15, 0.2) is 11.5 Å². The SMILES string of the molecule is O=C(Nc1ccc2c(c1)OCCO2)C1CC1c1ccc(C(F)(F)F)cc1. The third-order valence-electron chi connectivity index (χ3n) is 4.60. The standard InChI is InChI=1S/C19H16F3NO3/c20-19(21,22)12-3-1-11(2-4-12)14-10-15(14)18(24)23-13-5-6-16-17(9-13)26-8-7-25-16/h1-6,9,14-15H,7-8,10H2,(H,23,24). The molecule has 1 heterocycles. The van der Waals surface area contributed by atoms with Crippen LogP contribution in [0.25, 0.3) is 0 Å². The summed E-state index contributed by atoms with van der Waals surface area (Å²) in [5, 5.41) is 2.83. The number of hydrogen-bond donors (Lipinski definition) is 1. The Kier molecular flexibility index (Phi) is 4.01. The van der Waals surface area contributed by atoms with E-state index in [4.69, 9.17) is 9.47 Å². The molecule has 1 saturated carbocycles. The van der Waals surface area contributed by atoms with E-state index in [0.29, 0.717) is 36.8 Å². The van der Waals surface area contributed by atoms with Crippen molar-refractivity contribution in [1.82, 2.24) is 0 Å². The molecular weight excluding hydrogens is 347 g/mol. The monoisotopic (exact) mass is 363 g/mol. The molecule has 1 amide bonds. The van der Waals surface area contributed by atoms with Crippen molar-refractivity contribution in [3.63, 3.8) is 0 Å². The normalized spacial score (nSPS) is 21.2. The second-order valence-corrected chi connectivity index (χ2v) is 6.42. The van der Waals surface area contributed by atoms with Crippen molar-refractivity contribution in [2.24, 2.45) is 5.92 Å². The third-order valence-corrected chi connectivity index (χ3v) is 4.60. The summed E-state index contributed by atoms with van der Waals surface area (Å²) in [6.07, 6.45) is -3.72. The van der Waals surface area contributed by atoms with Crippen molar-refractivity contribution in [2.45, 2.75) is 18.5 Å². The highest BCUT2D eigenvalue weighted by Crippen LogP contribution is 2.48. The summed E-state index contributed by atoms with van der Waals surface area (Å²) >= 11 is 0. The molecule has 2 aromatic carbocycles. The van der Waals surface area contributed by atoms with Crippen LogP contribution in [-0.2, 0) is 11.0 Å². The highest BCUT2D eigenvalue weighted by Gasteiger charge is 2.44. The number of fused-ring (bicyclic) bond motifs is 1. The van der Waals surface area contributed by atoms with Crippen molar-refractivity contribution >= 4 is 11.6 Å². The molecule has 0 bridgehead atoms. The summed E-state index contributed by atoms with van der Waals surface area (Å²) in [6, 6.07) is 10.2. The maximum Gasteiger partial charge on any atom is 0.416 e. The van der Waals surface area contributed by atoms with E-state index in [1.165, 1.54) is 12.1 Å². The molecule has 4 rings (SSSR count). The second-order valence-electron chi connectivity index (χ2n) is 6.42. The molecule has 2 unspecified atom stereocenters. The third kappa shape index (κ3) is 3.34. The summed E-state index contributed by atoms with van der Waals surface area (Å²) in [5.41, 5.74) is 0.678. The van der Waals surface area contributed by atoms with Gasteiger partial charge in [-0.05, 0) is 42.2 Å². The second kappa shape index (κ2) is 6.23. The van der Waals surface area contributed by atoms with Crippen LogP contribution >= 0.6 is 0 Å². The summed E-state index contributed by atoms with van der Waals surface area (Å²) in [5.74, 6) is 0.799. The van der Waals surface area contributed by atoms with Crippen LogP contribution in [0.2, 0.25) is 0 Å². The van der Waals surface area contributed by atoms with E-state index in [-0.39, 0.29) is 17.7 Å². The van der Waals surface area contributed by atoms with Crippen LogP contribution in [0.4, 0.5) is 18.9 Å². The number of carbonyl (C=O) groups excluding carboxylic acids is 1. The van der Waals surface area contributed by atoms with Crippen LogP contribution in [0.3, 0.4) is 0 Å². The molecule has 26 heavy (non-hydrogen) atoms. The summed E-state index contributed by atoms with van der Waals surface area (Å²) in [6.45, 7) is 0.957. The van der Waals surface area contributed by atoms with Gasteiger partial charge >= 0.3 is 6.18 Å². The zero-order chi connectivity index (χ0) is 18.3. The lowest BCUT2D eigenvalue weighted by molar-refractivity contribution is -0.137. The molecule has 2 aliphatic rings. The van der Waals surface area contributed by atoms with Gasteiger partial charge in [-0.3, -0.25) is 4.79 Å². The number of alkyl halides is 3. The van der Waals surface area contributed by atoms with Gasteiger partial charge in [0.1, 0.15) is 13.2 Å². The minimum atomic E-state index is -4.35. The zero-order valence-corrected chi connectivity index (χ0v) is 13.7. The van der Waals surface area contributed by atoms with Crippen LogP contribution in [0.5, 0.6) is 11.5 Å². The number of nitrogens with one attached hydrogen (secondary N) is 1. The van der Waals surface area contributed by atoms with Crippen LogP contribution < -0.4 is 14.8 Å². The molecule has 1 aliphatic carbocycles. The van der Waals surface area contributed by atoms with Gasteiger partial charge in [-0.15, -0.1) is 0 Å². The maximum atomic E-state index is 12.6. The Bertz CT molecular complexity index is 833. The first-order chi connectivity index (χ1) is 12.4. The molecule has 1 aliphatic heterocycles. The van der Waals surface area contributed by atoms with Crippen LogP contribution in [0.15, 0.2) is 42.5 Å². The Hall–Kier alpha value is -2.70. The highest BCUT2D eigenvalue weighted by molar-refractivity contribution is 5.95. The van der Waals surface area contributed by atoms with Crippen LogP contribution in [-0.4, -0.2) is 19.1 Å². The van der Waals surface area contributed by atoms with E-state index in [9.17, 15) is 18.0 Å². The number of anilines is 1. The Morgan fingerprint density at radius 1 is 1.00 bits per heavy atom. The highest BCUT2D eigenvalue weighted by atomic mass is 19.4. The lowest BCUT2D eigenvalue weighted by Crippen LogP contribution is -2.17. The predicted octanol–water partition coefficient (Wildman–Crippen LogP) is 4.22. The van der Waals surface area contributed by atoms with Gasteiger partial charge in [0.05, 0.1) is 5.56 Å². The van der Waals surface area contributed by atoms with Crippen molar-refractivity contribution in [3.8, 4) is 11.5 Å². The summed E-state index contributed by atoms with van der Waals surface area (Å²) in [7, 11) is 0. The fraction of sp³-hybridized carbons (Fsp3) is 0.316. The molecular formula is C19H16F3NO3. The molecule has 0 radical (unpaired) electrons. The Morgan fingerprint density at radius 2 is 1.69 bits per heavy atom. The summed E-state index contributed by atoms with van der Waals surface area (Å²) in [4.78, 5) is 12.4. The Labute approximate surface area is 147 Å². The molecule has 0 aromatic heterocycles. The van der Waals surface area contributed by atoms with E-state index >= 15 is 0 Å². The number of rotatable bonds is 3. The quantitative estimate of drug-likeness (QED) is 0.888. The average Bonchev–Trinajstić information content (AvgIpc) is 3.42. The minimum absolute atomic E-state index is 0.0468. The van der Waals surface area contributed by atoms with E-state index in [2.05, 4.69) is 5.32 Å². The first-order valence-electron chi connectivity index (χ1n) is 8.29. The van der Waals surface area contributed by atoms with E-state index < -0.39 is 11.7 Å². The smallest absolute Gasteiger partial charge is 0.416 e. The van der Waals surface area contributed by atoms with Gasteiger partial charge < -0.3 is 14.8 Å². The molecule has 0 spiro atoms. The molecule has 2 aromatic rings. The number of ether oxygens (including phenoxy) is 2. The van der Waals surface area contributed by atoms with Gasteiger partial charge in [0.25, 0.3) is 0 Å². The number of carbonyl (C=O) groups is 1. The van der Waals surface area contributed by atoms with Gasteiger partial charge in [-0.2, -0.15) is 13.2 Å². The number of benzene rings is 2. The van der Waals surface area contributed by atoms with Gasteiger partial charge in [-0.25, -0.2) is 0 Å². The lowest BCUT2D eigenvalue weighted by Gasteiger charge is -2.19. The molecule has 7 heteroatoms. The van der Waals surface area contributed by atoms with E-state index in [1.54, 1.807) is 18.2 Å². The fourth-order valence-corrected chi connectivity index (χ4v) is 3.13. The molecule has 1 N–H and O–H groups in total. The van der Waals surface area contributed by atoms with Crippen molar-refractivity contribution in [1.29, 1.82) is 0 Å². The molecule has 0 saturated heterocycles. The van der Waals surface area contributed by atoms with Crippen LogP contribution in [0.1, 0.15) is 23.5 Å². The van der Waals surface area contributed by atoms with Crippen LogP contribution in [0, 0.1) is 5.92 Å². The van der Waals surface area contributed by atoms with E-state index in [1.807, 2.05) is 0 Å². The number of halogens is 3. The van der Waals surface area contributed by atoms with Crippen molar-refractivity contribution in [2.75, 3.05) is 18.5 Å². The molecule has 2 atom stereocenters. The predicted molar refractivity (Wildman–Crippen MR) is 88.4 cm³/mol. The Morgan fingerprint density at radius 3 is 2.38 bits per heavy atom. The van der Waals surface area contributed by atoms with Gasteiger partial charge in [0.2, 0.25) is 5.91 Å². The molecule has 1 fully saturated rings. The number of amides is 1. The van der Waals surface area contributed by atoms with E-state index in [0.717, 1.165) is 17.7 Å². The molecule has 4 nitrogen and oxygen atoms in total. The first-order valence-corrected chi connectivity index (χ1v) is 8.29. The average molecular weight is 363 g/mol. The lowest BCUT2D eigenvalue weighted by atomic mass is 10.1. The zero-order valence-electron chi connectivity index (χ0n) is 13.7. The summed E-state index contributed by atoms with van der Waals surface area (Å²) < 4.78 is 48.8. The minimum Gasteiger partial charge on any atom is -0.486 e. The Balaban J connectivity index is 1.40. The van der Waals surface area contributed by atoms with Gasteiger partial charge in [0, 0.05) is 17.7 Å². The first kappa shape index (κ1) is 16.8. The molecule has 136 valence electrons.